The van der Waals surface area contributed by atoms with E-state index in [9.17, 15) is 0 Å². The van der Waals surface area contributed by atoms with Gasteiger partial charge in [0.2, 0.25) is 0 Å². The summed E-state index contributed by atoms with van der Waals surface area (Å²) in [6.07, 6.45) is 2.59. The molecule has 0 amide bonds. The summed E-state index contributed by atoms with van der Waals surface area (Å²) >= 11 is 0. The quantitative estimate of drug-likeness (QED) is 0.563. The first-order valence-corrected chi connectivity index (χ1v) is 4.30. The highest BCUT2D eigenvalue weighted by Gasteiger charge is 2.15. The SMILES string of the molecule is CN1CCC(COP)CC1. The summed E-state index contributed by atoms with van der Waals surface area (Å²) in [4.78, 5) is 2.37. The fraction of sp³-hybridized carbons (Fsp3) is 1.00. The van der Waals surface area contributed by atoms with E-state index in [1.807, 2.05) is 0 Å². The van der Waals surface area contributed by atoms with Gasteiger partial charge in [-0.1, -0.05) is 0 Å². The summed E-state index contributed by atoms with van der Waals surface area (Å²) < 4.78 is 5.01. The van der Waals surface area contributed by atoms with Gasteiger partial charge in [-0.2, -0.15) is 0 Å². The number of piperidine rings is 1. The molecule has 0 aromatic rings. The second-order valence-electron chi connectivity index (χ2n) is 3.08. The minimum absolute atomic E-state index is 0.800. The van der Waals surface area contributed by atoms with Crippen molar-refractivity contribution in [3.8, 4) is 0 Å². The van der Waals surface area contributed by atoms with Crippen LogP contribution in [-0.4, -0.2) is 31.6 Å². The fourth-order valence-corrected chi connectivity index (χ4v) is 1.64. The summed E-state index contributed by atoms with van der Waals surface area (Å²) in [6, 6.07) is 0. The molecule has 0 saturated carbocycles. The lowest BCUT2D eigenvalue weighted by molar-refractivity contribution is 0.172. The third-order valence-corrected chi connectivity index (χ3v) is 2.36. The van der Waals surface area contributed by atoms with Gasteiger partial charge in [0.05, 0.1) is 6.61 Å². The van der Waals surface area contributed by atoms with Crippen molar-refractivity contribution in [2.45, 2.75) is 12.8 Å². The Morgan fingerprint density at radius 2 is 2.10 bits per heavy atom. The van der Waals surface area contributed by atoms with E-state index in [1.54, 1.807) is 0 Å². The van der Waals surface area contributed by atoms with Gasteiger partial charge >= 0.3 is 0 Å². The molecular formula is C7H16NOP. The van der Waals surface area contributed by atoms with Crippen molar-refractivity contribution in [2.24, 2.45) is 5.92 Å². The predicted molar refractivity (Wildman–Crippen MR) is 45.9 cm³/mol. The second kappa shape index (κ2) is 4.27. The van der Waals surface area contributed by atoms with Crippen LogP contribution in [0.2, 0.25) is 0 Å². The van der Waals surface area contributed by atoms with Gasteiger partial charge in [0, 0.05) is 9.47 Å². The molecule has 1 aliphatic heterocycles. The third kappa shape index (κ3) is 2.53. The van der Waals surface area contributed by atoms with E-state index in [0.717, 1.165) is 12.5 Å². The molecule has 2 nitrogen and oxygen atoms in total. The molecular weight excluding hydrogens is 145 g/mol. The lowest BCUT2D eigenvalue weighted by Crippen LogP contribution is -2.31. The van der Waals surface area contributed by atoms with Gasteiger partial charge in [-0.05, 0) is 38.9 Å². The summed E-state index contributed by atoms with van der Waals surface area (Å²) in [5.41, 5.74) is 0. The van der Waals surface area contributed by atoms with Crippen LogP contribution in [0, 0.1) is 5.92 Å². The summed E-state index contributed by atoms with van der Waals surface area (Å²) in [5.74, 6) is 0.800. The Kier molecular flexibility index (Phi) is 3.61. The Hall–Kier alpha value is 0.350. The van der Waals surface area contributed by atoms with E-state index in [0.29, 0.717) is 0 Å². The van der Waals surface area contributed by atoms with Crippen molar-refractivity contribution < 1.29 is 4.52 Å². The Labute approximate surface area is 65.2 Å². The normalized spacial score (nSPS) is 23.4. The van der Waals surface area contributed by atoms with E-state index in [1.165, 1.54) is 25.9 Å². The molecule has 0 N–H and O–H groups in total. The van der Waals surface area contributed by atoms with Crippen molar-refractivity contribution in [3.63, 3.8) is 0 Å². The Morgan fingerprint density at radius 1 is 1.50 bits per heavy atom. The van der Waals surface area contributed by atoms with Crippen LogP contribution in [0.25, 0.3) is 0 Å². The van der Waals surface area contributed by atoms with Crippen molar-refractivity contribution in [1.82, 2.24) is 4.90 Å². The van der Waals surface area contributed by atoms with E-state index in [2.05, 4.69) is 21.4 Å². The Bertz CT molecular complexity index is 91.6. The topological polar surface area (TPSA) is 12.5 Å². The van der Waals surface area contributed by atoms with Crippen molar-refractivity contribution in [2.75, 3.05) is 26.7 Å². The van der Waals surface area contributed by atoms with Crippen molar-refractivity contribution in [3.05, 3.63) is 0 Å². The van der Waals surface area contributed by atoms with Crippen LogP contribution in [-0.2, 0) is 4.52 Å². The molecule has 1 heterocycles. The first-order valence-electron chi connectivity index (χ1n) is 3.83. The molecule has 10 heavy (non-hydrogen) atoms. The van der Waals surface area contributed by atoms with Gasteiger partial charge in [0.25, 0.3) is 0 Å². The minimum Gasteiger partial charge on any atom is -0.365 e. The molecule has 1 rings (SSSR count). The van der Waals surface area contributed by atoms with Crippen LogP contribution in [0.4, 0.5) is 0 Å². The molecule has 1 unspecified atom stereocenters. The molecule has 60 valence electrons. The van der Waals surface area contributed by atoms with Gasteiger partial charge in [0.1, 0.15) is 0 Å². The van der Waals surface area contributed by atoms with Gasteiger partial charge in [-0.15, -0.1) is 0 Å². The van der Waals surface area contributed by atoms with E-state index >= 15 is 0 Å². The van der Waals surface area contributed by atoms with E-state index in [-0.39, 0.29) is 0 Å². The van der Waals surface area contributed by atoms with Crippen LogP contribution < -0.4 is 0 Å². The summed E-state index contributed by atoms with van der Waals surface area (Å²) in [6.45, 7) is 3.38. The average Bonchev–Trinajstić information content (AvgIpc) is 1.95. The van der Waals surface area contributed by atoms with Crippen LogP contribution >= 0.6 is 9.47 Å². The number of likely N-dealkylation sites (tertiary alicyclic amines) is 1. The average molecular weight is 161 g/mol. The third-order valence-electron chi connectivity index (χ3n) is 2.17. The van der Waals surface area contributed by atoms with Crippen LogP contribution in [0.1, 0.15) is 12.8 Å². The smallest absolute Gasteiger partial charge is 0.0531 e. The van der Waals surface area contributed by atoms with Gasteiger partial charge < -0.3 is 9.42 Å². The zero-order chi connectivity index (χ0) is 7.40. The molecule has 1 saturated heterocycles. The lowest BCUT2D eigenvalue weighted by Gasteiger charge is -2.28. The fourth-order valence-electron chi connectivity index (χ4n) is 1.36. The first kappa shape index (κ1) is 8.45. The monoisotopic (exact) mass is 161 g/mol. The zero-order valence-electron chi connectivity index (χ0n) is 6.55. The van der Waals surface area contributed by atoms with Crippen LogP contribution in [0.3, 0.4) is 0 Å². The number of nitrogens with zero attached hydrogens (tertiary/aromatic N) is 1. The highest BCUT2D eigenvalue weighted by atomic mass is 31.0. The van der Waals surface area contributed by atoms with Gasteiger partial charge in [0.15, 0.2) is 0 Å². The molecule has 3 heteroatoms. The summed E-state index contributed by atoms with van der Waals surface area (Å²) in [5, 5.41) is 0. The number of hydrogen-bond donors (Lipinski definition) is 0. The first-order chi connectivity index (χ1) is 4.83. The second-order valence-corrected chi connectivity index (χ2v) is 3.41. The van der Waals surface area contributed by atoms with Gasteiger partial charge in [-0.3, -0.25) is 0 Å². The van der Waals surface area contributed by atoms with Gasteiger partial charge in [-0.25, -0.2) is 0 Å². The molecule has 0 aromatic heterocycles. The maximum atomic E-state index is 5.01. The molecule has 0 aliphatic carbocycles. The number of hydrogen-bond acceptors (Lipinski definition) is 2. The molecule has 0 spiro atoms. The molecule has 0 bridgehead atoms. The maximum absolute atomic E-state index is 5.01. The van der Waals surface area contributed by atoms with Crippen LogP contribution in [0.5, 0.6) is 0 Å². The Morgan fingerprint density at radius 3 is 2.60 bits per heavy atom. The van der Waals surface area contributed by atoms with E-state index < -0.39 is 0 Å². The Balaban J connectivity index is 2.13. The lowest BCUT2D eigenvalue weighted by atomic mass is 9.98. The molecule has 1 aliphatic rings. The zero-order valence-corrected chi connectivity index (χ0v) is 7.70. The molecule has 1 atom stereocenters. The predicted octanol–water partition coefficient (Wildman–Crippen LogP) is 1.13. The standard InChI is InChI=1S/C7H16NOP/c1-8-4-2-7(3-5-8)6-9-10/h7H,2-6,10H2,1H3. The highest BCUT2D eigenvalue weighted by Crippen LogP contribution is 2.16. The molecule has 1 fully saturated rings. The number of rotatable bonds is 2. The maximum Gasteiger partial charge on any atom is 0.0531 e. The van der Waals surface area contributed by atoms with Crippen molar-refractivity contribution in [1.29, 1.82) is 0 Å². The highest BCUT2D eigenvalue weighted by molar-refractivity contribution is 7.09. The molecule has 0 radical (unpaired) electrons. The molecule has 0 aromatic carbocycles. The minimum atomic E-state index is 0.800. The van der Waals surface area contributed by atoms with E-state index in [4.69, 9.17) is 4.52 Å². The summed E-state index contributed by atoms with van der Waals surface area (Å²) in [7, 11) is 4.50. The largest absolute Gasteiger partial charge is 0.365 e. The van der Waals surface area contributed by atoms with Crippen molar-refractivity contribution >= 4 is 9.47 Å². The van der Waals surface area contributed by atoms with Crippen LogP contribution in [0.15, 0.2) is 0 Å².